The van der Waals surface area contributed by atoms with Gasteiger partial charge in [-0.15, -0.1) is 0 Å². The van der Waals surface area contributed by atoms with Crippen LogP contribution in [0.3, 0.4) is 0 Å². The predicted molar refractivity (Wildman–Crippen MR) is 121 cm³/mol. The molecular weight excluding hydrogens is 376 g/mol. The Kier molecular flexibility index (Phi) is 6.87. The molecule has 4 rings (SSSR count). The third-order valence-electron chi connectivity index (χ3n) is 5.92. The number of nitrogens with zero attached hydrogens (tertiary/aromatic N) is 2. The molecule has 2 heterocycles. The van der Waals surface area contributed by atoms with Crippen LogP contribution in [-0.2, 0) is 16.1 Å². The molecule has 2 fully saturated rings. The third kappa shape index (κ3) is 5.12. The van der Waals surface area contributed by atoms with E-state index in [0.717, 1.165) is 57.3 Å². The van der Waals surface area contributed by atoms with Gasteiger partial charge in [0.25, 0.3) is 5.91 Å². The van der Waals surface area contributed by atoms with Gasteiger partial charge in [-0.1, -0.05) is 30.3 Å². The van der Waals surface area contributed by atoms with E-state index in [0.29, 0.717) is 6.54 Å². The fourth-order valence-corrected chi connectivity index (χ4v) is 4.44. The number of benzene rings is 2. The molecule has 0 aliphatic carbocycles. The van der Waals surface area contributed by atoms with Crippen molar-refractivity contribution in [1.82, 2.24) is 0 Å². The molecule has 1 atom stereocenters. The normalized spacial score (nSPS) is 17.8. The number of anilines is 3. The van der Waals surface area contributed by atoms with E-state index < -0.39 is 0 Å². The first-order valence-corrected chi connectivity index (χ1v) is 11.1. The van der Waals surface area contributed by atoms with Crippen molar-refractivity contribution in [2.24, 2.45) is 0 Å². The van der Waals surface area contributed by atoms with Crippen LogP contribution in [0, 0.1) is 0 Å². The Morgan fingerprint density at radius 2 is 1.57 bits per heavy atom. The van der Waals surface area contributed by atoms with Crippen molar-refractivity contribution in [2.45, 2.75) is 19.4 Å². The average molecular weight is 410 g/mol. The molecule has 2 aromatic carbocycles. The summed E-state index contributed by atoms with van der Waals surface area (Å²) in [5, 5.41) is 3.15. The molecule has 160 valence electrons. The maximum absolute atomic E-state index is 12.8. The first-order chi connectivity index (χ1) is 14.7. The SMILES string of the molecule is C[NH+](CC(=O)Nc1ccccc1N1CCCC1)Cc1ccccc1N1CCOCC1. The van der Waals surface area contributed by atoms with Crippen LogP contribution in [0.5, 0.6) is 0 Å². The predicted octanol–water partition coefficient (Wildman–Crippen LogP) is 1.78. The molecule has 1 unspecified atom stereocenters. The van der Waals surface area contributed by atoms with E-state index in [9.17, 15) is 4.79 Å². The molecule has 0 aromatic heterocycles. The lowest BCUT2D eigenvalue weighted by molar-refractivity contribution is -0.885. The molecule has 2 aliphatic rings. The van der Waals surface area contributed by atoms with Gasteiger partial charge in [0.15, 0.2) is 6.54 Å². The molecule has 2 N–H and O–H groups in total. The molecular formula is C24H33N4O2+. The summed E-state index contributed by atoms with van der Waals surface area (Å²) in [6, 6.07) is 16.7. The highest BCUT2D eigenvalue weighted by molar-refractivity contribution is 5.95. The molecule has 1 amide bonds. The number of carbonyl (C=O) groups excluding carboxylic acids is 1. The number of nitrogens with one attached hydrogen (secondary N) is 2. The van der Waals surface area contributed by atoms with Crippen LogP contribution in [0.1, 0.15) is 18.4 Å². The van der Waals surface area contributed by atoms with Crippen LogP contribution in [0.15, 0.2) is 48.5 Å². The van der Waals surface area contributed by atoms with E-state index in [1.165, 1.54) is 29.0 Å². The van der Waals surface area contributed by atoms with E-state index in [-0.39, 0.29) is 5.91 Å². The van der Waals surface area contributed by atoms with Crippen molar-refractivity contribution in [3.05, 3.63) is 54.1 Å². The monoisotopic (exact) mass is 409 g/mol. The zero-order valence-electron chi connectivity index (χ0n) is 17.9. The van der Waals surface area contributed by atoms with Crippen LogP contribution in [0.25, 0.3) is 0 Å². The molecule has 30 heavy (non-hydrogen) atoms. The average Bonchev–Trinajstić information content (AvgIpc) is 3.30. The molecule has 2 saturated heterocycles. The van der Waals surface area contributed by atoms with Gasteiger partial charge in [-0.2, -0.15) is 0 Å². The second kappa shape index (κ2) is 9.96. The first-order valence-electron chi connectivity index (χ1n) is 11.1. The number of amides is 1. The maximum Gasteiger partial charge on any atom is 0.279 e. The smallest absolute Gasteiger partial charge is 0.279 e. The highest BCUT2D eigenvalue weighted by atomic mass is 16.5. The quantitative estimate of drug-likeness (QED) is 0.732. The largest absolute Gasteiger partial charge is 0.378 e. The van der Waals surface area contributed by atoms with Gasteiger partial charge in [0.2, 0.25) is 0 Å². The second-order valence-corrected chi connectivity index (χ2v) is 8.30. The Morgan fingerprint density at radius 3 is 2.33 bits per heavy atom. The van der Waals surface area contributed by atoms with Crippen LogP contribution < -0.4 is 20.0 Å². The summed E-state index contributed by atoms with van der Waals surface area (Å²) >= 11 is 0. The highest BCUT2D eigenvalue weighted by Crippen LogP contribution is 2.28. The topological polar surface area (TPSA) is 49.2 Å². The van der Waals surface area contributed by atoms with Crippen LogP contribution >= 0.6 is 0 Å². The van der Waals surface area contributed by atoms with Gasteiger partial charge in [0.1, 0.15) is 6.54 Å². The van der Waals surface area contributed by atoms with E-state index in [1.807, 2.05) is 18.2 Å². The van der Waals surface area contributed by atoms with Gasteiger partial charge in [-0.25, -0.2) is 0 Å². The minimum atomic E-state index is 0.0583. The standard InChI is InChI=1S/C24H32N4O2/c1-26(18-20-8-2-4-10-22(20)28-14-16-30-17-15-28)19-24(29)25-21-9-3-5-11-23(21)27-12-6-7-13-27/h2-5,8-11H,6-7,12-19H2,1H3,(H,25,29)/p+1. The van der Waals surface area contributed by atoms with Gasteiger partial charge >= 0.3 is 0 Å². The Labute approximate surface area is 179 Å². The number of morpholine rings is 1. The molecule has 0 radical (unpaired) electrons. The summed E-state index contributed by atoms with van der Waals surface area (Å²) in [6.07, 6.45) is 2.44. The molecule has 2 aliphatic heterocycles. The summed E-state index contributed by atoms with van der Waals surface area (Å²) in [6.45, 7) is 6.77. The lowest BCUT2D eigenvalue weighted by atomic mass is 10.1. The van der Waals surface area contributed by atoms with E-state index in [2.05, 4.69) is 52.5 Å². The van der Waals surface area contributed by atoms with Crippen molar-refractivity contribution in [2.75, 3.05) is 68.1 Å². The van der Waals surface area contributed by atoms with Crippen LogP contribution in [0.2, 0.25) is 0 Å². The number of likely N-dealkylation sites (N-methyl/N-ethyl adjacent to an activating group) is 1. The van der Waals surface area contributed by atoms with Gasteiger partial charge in [0, 0.05) is 37.4 Å². The number of para-hydroxylation sites is 3. The van der Waals surface area contributed by atoms with Crippen molar-refractivity contribution in [1.29, 1.82) is 0 Å². The lowest BCUT2D eigenvalue weighted by Gasteiger charge is -2.30. The second-order valence-electron chi connectivity index (χ2n) is 8.30. The Balaban J connectivity index is 1.37. The lowest BCUT2D eigenvalue weighted by Crippen LogP contribution is -3.08. The summed E-state index contributed by atoms with van der Waals surface area (Å²) in [4.78, 5) is 18.7. The van der Waals surface area contributed by atoms with Crippen LogP contribution in [-0.4, -0.2) is 58.9 Å². The molecule has 6 nitrogen and oxygen atoms in total. The fourth-order valence-electron chi connectivity index (χ4n) is 4.44. The van der Waals surface area contributed by atoms with Gasteiger partial charge in [-0.3, -0.25) is 4.79 Å². The maximum atomic E-state index is 12.8. The number of ether oxygens (including phenoxy) is 1. The van der Waals surface area contributed by atoms with Crippen molar-refractivity contribution in [3.8, 4) is 0 Å². The molecule has 2 aromatic rings. The van der Waals surface area contributed by atoms with Crippen molar-refractivity contribution < 1.29 is 14.4 Å². The van der Waals surface area contributed by atoms with Gasteiger partial charge < -0.3 is 24.8 Å². The van der Waals surface area contributed by atoms with E-state index in [1.54, 1.807) is 0 Å². The minimum absolute atomic E-state index is 0.0583. The zero-order chi connectivity index (χ0) is 20.8. The summed E-state index contributed by atoms with van der Waals surface area (Å²) in [5.41, 5.74) is 4.60. The van der Waals surface area contributed by atoms with Crippen molar-refractivity contribution >= 4 is 23.0 Å². The molecule has 0 saturated carbocycles. The Hall–Kier alpha value is -2.57. The number of carbonyl (C=O) groups is 1. The Bertz CT molecular complexity index is 845. The number of hydrogen-bond donors (Lipinski definition) is 2. The van der Waals surface area contributed by atoms with E-state index in [4.69, 9.17) is 4.74 Å². The first kappa shape index (κ1) is 20.7. The van der Waals surface area contributed by atoms with Gasteiger partial charge in [0.05, 0.1) is 31.6 Å². The van der Waals surface area contributed by atoms with Crippen molar-refractivity contribution in [3.63, 3.8) is 0 Å². The Morgan fingerprint density at radius 1 is 0.933 bits per heavy atom. The molecule has 0 bridgehead atoms. The summed E-state index contributed by atoms with van der Waals surface area (Å²) < 4.78 is 5.49. The van der Waals surface area contributed by atoms with Crippen LogP contribution in [0.4, 0.5) is 17.1 Å². The number of hydrogen-bond acceptors (Lipinski definition) is 4. The number of rotatable bonds is 7. The third-order valence-corrected chi connectivity index (χ3v) is 5.92. The highest BCUT2D eigenvalue weighted by Gasteiger charge is 2.20. The zero-order valence-corrected chi connectivity index (χ0v) is 17.9. The van der Waals surface area contributed by atoms with E-state index >= 15 is 0 Å². The van der Waals surface area contributed by atoms with Gasteiger partial charge in [-0.05, 0) is 31.0 Å². The number of quaternary nitrogens is 1. The molecule has 6 heteroatoms. The fraction of sp³-hybridized carbons (Fsp3) is 0.458. The minimum Gasteiger partial charge on any atom is -0.378 e. The molecule has 0 spiro atoms. The summed E-state index contributed by atoms with van der Waals surface area (Å²) in [7, 11) is 2.09. The summed E-state index contributed by atoms with van der Waals surface area (Å²) in [5.74, 6) is 0.0583.